The molecule has 0 fully saturated rings. The smallest absolute Gasteiger partial charge is 0.0372 e. The first-order valence-electron chi connectivity index (χ1n) is 4.35. The summed E-state index contributed by atoms with van der Waals surface area (Å²) < 4.78 is 0. The normalized spacial score (nSPS) is 13.2. The van der Waals surface area contributed by atoms with Gasteiger partial charge in [0, 0.05) is 30.2 Å². The molecule has 0 saturated heterocycles. The van der Waals surface area contributed by atoms with E-state index in [-0.39, 0.29) is 0 Å². The fourth-order valence-electron chi connectivity index (χ4n) is 0.904. The number of rotatable bonds is 0. The topological polar surface area (TPSA) is 25.2 Å². The molecule has 0 N–H and O–H groups in total. The molecule has 1 aromatic heterocycles. The van der Waals surface area contributed by atoms with Crippen LogP contribution in [-0.4, -0.2) is 10.7 Å². The minimum atomic E-state index is 1.06. The van der Waals surface area contributed by atoms with Gasteiger partial charge in [-0.25, -0.2) is 0 Å². The van der Waals surface area contributed by atoms with Gasteiger partial charge in [-0.15, -0.1) is 0 Å². The summed E-state index contributed by atoms with van der Waals surface area (Å²) in [7, 11) is 0. The van der Waals surface area contributed by atoms with Gasteiger partial charge >= 0.3 is 0 Å². The van der Waals surface area contributed by atoms with Crippen LogP contribution < -0.4 is 0 Å². The number of allylic oxidation sites excluding steroid dienone is 1. The van der Waals surface area contributed by atoms with Gasteiger partial charge in [0.05, 0.1) is 0 Å². The number of hydrogen-bond donors (Lipinski definition) is 0. The Kier molecular flexibility index (Phi) is 3.89. The molecular formula is C11H14N2. The summed E-state index contributed by atoms with van der Waals surface area (Å²) in [4.78, 5) is 7.95. The molecule has 13 heavy (non-hydrogen) atoms. The molecule has 1 aromatic rings. The molecule has 2 rings (SSSR count). The van der Waals surface area contributed by atoms with Crippen molar-refractivity contribution in [3.63, 3.8) is 0 Å². The number of pyridine rings is 1. The van der Waals surface area contributed by atoms with E-state index in [0.717, 1.165) is 12.1 Å². The molecule has 0 spiro atoms. The van der Waals surface area contributed by atoms with E-state index in [9.17, 15) is 0 Å². The minimum absolute atomic E-state index is 1.06. The summed E-state index contributed by atoms with van der Waals surface area (Å²) in [5.41, 5.74) is 2.29. The highest BCUT2D eigenvalue weighted by Gasteiger charge is 1.88. The molecule has 0 aliphatic carbocycles. The quantitative estimate of drug-likeness (QED) is 0.593. The lowest BCUT2D eigenvalue weighted by atomic mass is 10.3. The Morgan fingerprint density at radius 3 is 2.31 bits per heavy atom. The maximum absolute atomic E-state index is 3.98. The number of aromatic nitrogens is 1. The summed E-state index contributed by atoms with van der Waals surface area (Å²) in [6.45, 7) is 4.00. The fourth-order valence-corrected chi connectivity index (χ4v) is 0.904. The number of aliphatic imine (C=N–C) groups is 1. The molecule has 0 radical (unpaired) electrons. The lowest BCUT2D eigenvalue weighted by molar-refractivity contribution is 1.20. The third-order valence-electron chi connectivity index (χ3n) is 1.63. The Hall–Kier alpha value is -1.44. The van der Waals surface area contributed by atoms with Crippen molar-refractivity contribution in [2.24, 2.45) is 4.99 Å². The van der Waals surface area contributed by atoms with E-state index < -0.39 is 0 Å². The Morgan fingerprint density at radius 2 is 2.08 bits per heavy atom. The first-order valence-corrected chi connectivity index (χ1v) is 4.35. The van der Waals surface area contributed by atoms with Crippen LogP contribution in [0.5, 0.6) is 0 Å². The van der Waals surface area contributed by atoms with Gasteiger partial charge in [0.15, 0.2) is 0 Å². The molecule has 1 aliphatic rings. The van der Waals surface area contributed by atoms with E-state index in [2.05, 4.69) is 16.1 Å². The lowest BCUT2D eigenvalue weighted by Gasteiger charge is -1.82. The summed E-state index contributed by atoms with van der Waals surface area (Å²) in [5, 5.41) is 0. The van der Waals surface area contributed by atoms with Crippen LogP contribution in [0, 0.1) is 6.92 Å². The zero-order valence-electron chi connectivity index (χ0n) is 8.07. The lowest BCUT2D eigenvalue weighted by Crippen LogP contribution is -1.78. The predicted molar refractivity (Wildman–Crippen MR) is 55.8 cm³/mol. The molecule has 0 amide bonds. The van der Waals surface area contributed by atoms with Crippen LogP contribution in [0.1, 0.15) is 19.0 Å². The highest BCUT2D eigenvalue weighted by molar-refractivity contribution is 5.85. The van der Waals surface area contributed by atoms with Crippen LogP contribution in [0.2, 0.25) is 0 Å². The van der Waals surface area contributed by atoms with Crippen LogP contribution >= 0.6 is 0 Å². The maximum Gasteiger partial charge on any atom is 0.0372 e. The molecule has 1 aliphatic heterocycles. The summed E-state index contributed by atoms with van der Waals surface area (Å²) >= 11 is 0. The van der Waals surface area contributed by atoms with E-state index in [4.69, 9.17) is 0 Å². The standard InChI is InChI=1S/C6H7N.C5H7N/c1-6-4-2-3-5-7-6;1-5-3-2-4-6-5/h2-5H,1H3;2,4H,3H2,1H3. The van der Waals surface area contributed by atoms with Gasteiger partial charge in [-0.1, -0.05) is 12.1 Å². The van der Waals surface area contributed by atoms with Crippen molar-refractivity contribution in [1.29, 1.82) is 0 Å². The summed E-state index contributed by atoms with van der Waals surface area (Å²) in [6.07, 6.45) is 6.74. The molecule has 0 bridgehead atoms. The van der Waals surface area contributed by atoms with Gasteiger partial charge < -0.3 is 0 Å². The summed E-state index contributed by atoms with van der Waals surface area (Å²) in [5.74, 6) is 0. The Balaban J connectivity index is 0.000000132. The molecule has 2 heteroatoms. The van der Waals surface area contributed by atoms with Gasteiger partial charge in [0.1, 0.15) is 0 Å². The number of hydrogen-bond acceptors (Lipinski definition) is 2. The zero-order valence-corrected chi connectivity index (χ0v) is 8.07. The van der Waals surface area contributed by atoms with E-state index >= 15 is 0 Å². The Bertz CT molecular complexity index is 299. The second-order valence-electron chi connectivity index (χ2n) is 2.92. The molecule has 0 unspecified atom stereocenters. The molecule has 2 heterocycles. The SMILES string of the molecule is CC1=NC=CC1.Cc1ccccn1. The second-order valence-corrected chi connectivity index (χ2v) is 2.92. The van der Waals surface area contributed by atoms with Crippen molar-refractivity contribution in [3.8, 4) is 0 Å². The monoisotopic (exact) mass is 174 g/mol. The second kappa shape index (κ2) is 5.25. The van der Waals surface area contributed by atoms with Crippen molar-refractivity contribution in [3.05, 3.63) is 42.4 Å². The van der Waals surface area contributed by atoms with Crippen molar-refractivity contribution in [1.82, 2.24) is 4.98 Å². The van der Waals surface area contributed by atoms with Gasteiger partial charge in [-0.05, 0) is 26.0 Å². The van der Waals surface area contributed by atoms with Crippen LogP contribution in [0.15, 0.2) is 41.7 Å². The first kappa shape index (κ1) is 9.65. The average molecular weight is 174 g/mol. The molecule has 0 aromatic carbocycles. The summed E-state index contributed by atoms with van der Waals surface area (Å²) in [6, 6.07) is 5.86. The van der Waals surface area contributed by atoms with Gasteiger partial charge in [0.2, 0.25) is 0 Å². The van der Waals surface area contributed by atoms with Crippen LogP contribution in [0.3, 0.4) is 0 Å². The Labute approximate surface area is 79.0 Å². The number of nitrogens with zero attached hydrogens (tertiary/aromatic N) is 2. The highest BCUT2D eigenvalue weighted by atomic mass is 14.7. The zero-order chi connectivity index (χ0) is 9.52. The molecular weight excluding hydrogens is 160 g/mol. The fraction of sp³-hybridized carbons (Fsp3) is 0.273. The first-order chi connectivity index (χ1) is 6.29. The van der Waals surface area contributed by atoms with E-state index in [1.165, 1.54) is 5.71 Å². The van der Waals surface area contributed by atoms with Crippen LogP contribution in [0.4, 0.5) is 0 Å². The predicted octanol–water partition coefficient (Wildman–Crippen LogP) is 2.75. The van der Waals surface area contributed by atoms with Crippen molar-refractivity contribution >= 4 is 5.71 Å². The largest absolute Gasteiger partial charge is 0.266 e. The van der Waals surface area contributed by atoms with E-state index in [0.29, 0.717) is 0 Å². The van der Waals surface area contributed by atoms with Gasteiger partial charge in [-0.2, -0.15) is 0 Å². The minimum Gasteiger partial charge on any atom is -0.266 e. The van der Waals surface area contributed by atoms with Gasteiger partial charge in [0.25, 0.3) is 0 Å². The Morgan fingerprint density at radius 1 is 1.23 bits per heavy atom. The third-order valence-corrected chi connectivity index (χ3v) is 1.63. The van der Waals surface area contributed by atoms with Crippen LogP contribution in [0.25, 0.3) is 0 Å². The van der Waals surface area contributed by atoms with Crippen molar-refractivity contribution < 1.29 is 0 Å². The molecule has 2 nitrogen and oxygen atoms in total. The van der Waals surface area contributed by atoms with E-state index in [1.807, 2.05) is 38.2 Å². The van der Waals surface area contributed by atoms with Crippen LogP contribution in [-0.2, 0) is 0 Å². The highest BCUT2D eigenvalue weighted by Crippen LogP contribution is 1.96. The average Bonchev–Trinajstić information content (AvgIpc) is 2.58. The molecule has 0 saturated carbocycles. The van der Waals surface area contributed by atoms with Crippen molar-refractivity contribution in [2.45, 2.75) is 20.3 Å². The third kappa shape index (κ3) is 4.21. The maximum atomic E-state index is 3.98. The number of aryl methyl sites for hydroxylation is 1. The van der Waals surface area contributed by atoms with E-state index in [1.54, 1.807) is 6.20 Å². The molecule has 0 atom stereocenters. The van der Waals surface area contributed by atoms with Crippen molar-refractivity contribution in [2.75, 3.05) is 0 Å². The molecule has 68 valence electrons. The van der Waals surface area contributed by atoms with Gasteiger partial charge in [-0.3, -0.25) is 9.98 Å².